The van der Waals surface area contributed by atoms with Crippen molar-refractivity contribution in [1.29, 1.82) is 0 Å². The normalized spacial score (nSPS) is 15.9. The van der Waals surface area contributed by atoms with Crippen LogP contribution < -0.4 is 19.1 Å². The van der Waals surface area contributed by atoms with Gasteiger partial charge in [-0.05, 0) is 85.3 Å². The Hall–Kier alpha value is -4.21. The highest BCUT2D eigenvalue weighted by molar-refractivity contribution is 6.10. The molecule has 0 saturated heterocycles. The van der Waals surface area contributed by atoms with Crippen LogP contribution in [0, 0.1) is 0 Å². The lowest BCUT2D eigenvalue weighted by atomic mass is 9.98. The number of anilines is 1. The Morgan fingerprint density at radius 3 is 2.50 bits per heavy atom. The molecule has 5 rings (SSSR count). The molecule has 210 valence electrons. The number of hydrogen-bond acceptors (Lipinski definition) is 6. The van der Waals surface area contributed by atoms with E-state index in [-0.39, 0.29) is 43.3 Å². The summed E-state index contributed by atoms with van der Waals surface area (Å²) in [5, 5.41) is 0. The first-order valence-corrected chi connectivity index (χ1v) is 13.1. The van der Waals surface area contributed by atoms with Gasteiger partial charge >= 0.3 is 12.3 Å². The van der Waals surface area contributed by atoms with Gasteiger partial charge in [0.25, 0.3) is 5.91 Å². The topological polar surface area (TPSA) is 74.3 Å². The van der Waals surface area contributed by atoms with Crippen LogP contribution in [0.4, 0.5) is 18.9 Å². The average molecular weight is 556 g/mol. The number of ether oxygens (including phenoxy) is 4. The van der Waals surface area contributed by atoms with Crippen molar-refractivity contribution in [3.63, 3.8) is 0 Å². The second-order valence-corrected chi connectivity index (χ2v) is 9.52. The van der Waals surface area contributed by atoms with E-state index < -0.39 is 6.36 Å². The number of rotatable bonds is 10. The number of fused-ring (bicyclic) bond motifs is 2. The average Bonchev–Trinajstić information content (AvgIpc) is 3.47. The van der Waals surface area contributed by atoms with Gasteiger partial charge in [-0.25, -0.2) is 0 Å². The Labute approximate surface area is 229 Å². The van der Waals surface area contributed by atoms with Crippen LogP contribution in [0.5, 0.6) is 17.2 Å². The molecule has 1 unspecified atom stereocenters. The van der Waals surface area contributed by atoms with Crippen LogP contribution in [0.25, 0.3) is 0 Å². The number of halogens is 3. The summed E-state index contributed by atoms with van der Waals surface area (Å²) in [4.78, 5) is 26.4. The second kappa shape index (κ2) is 11.5. The Balaban J connectivity index is 1.16. The zero-order valence-corrected chi connectivity index (χ0v) is 21.8. The Morgan fingerprint density at radius 2 is 1.75 bits per heavy atom. The van der Waals surface area contributed by atoms with Crippen molar-refractivity contribution in [1.82, 2.24) is 0 Å². The monoisotopic (exact) mass is 555 g/mol. The van der Waals surface area contributed by atoms with Crippen molar-refractivity contribution >= 4 is 17.6 Å². The van der Waals surface area contributed by atoms with E-state index >= 15 is 0 Å². The number of hydrogen-bond donors (Lipinski definition) is 0. The molecule has 10 heteroatoms. The maximum absolute atomic E-state index is 13.0. The molecule has 0 spiro atoms. The second-order valence-electron chi connectivity index (χ2n) is 9.52. The number of aryl methyl sites for hydroxylation is 1. The van der Waals surface area contributed by atoms with Crippen LogP contribution in [0.1, 0.15) is 52.7 Å². The largest absolute Gasteiger partial charge is 0.573 e. The van der Waals surface area contributed by atoms with Crippen LogP contribution in [-0.2, 0) is 22.5 Å². The fourth-order valence-corrected chi connectivity index (χ4v) is 5.19. The number of carbonyl (C=O) groups is 2. The highest BCUT2D eigenvalue weighted by Gasteiger charge is 2.33. The van der Waals surface area contributed by atoms with Gasteiger partial charge in [0, 0.05) is 16.8 Å². The van der Waals surface area contributed by atoms with Gasteiger partial charge in [0.15, 0.2) is 0 Å². The highest BCUT2D eigenvalue weighted by atomic mass is 19.4. The minimum absolute atomic E-state index is 0.167. The number of nitrogens with zero attached hydrogens (tertiary/aromatic N) is 1. The van der Waals surface area contributed by atoms with Crippen LogP contribution in [-0.4, -0.2) is 38.1 Å². The van der Waals surface area contributed by atoms with Crippen molar-refractivity contribution < 1.29 is 41.7 Å². The van der Waals surface area contributed by atoms with E-state index in [1.807, 2.05) is 18.2 Å². The molecule has 0 fully saturated rings. The molecule has 0 saturated carbocycles. The number of amides is 1. The first kappa shape index (κ1) is 27.4. The van der Waals surface area contributed by atoms with Gasteiger partial charge < -0.3 is 23.8 Å². The van der Waals surface area contributed by atoms with Crippen LogP contribution in [0.15, 0.2) is 60.7 Å². The zero-order valence-electron chi connectivity index (χ0n) is 21.8. The van der Waals surface area contributed by atoms with Gasteiger partial charge in [0.1, 0.15) is 30.5 Å². The van der Waals surface area contributed by atoms with Gasteiger partial charge in [0.2, 0.25) is 0 Å². The summed E-state index contributed by atoms with van der Waals surface area (Å²) in [5.74, 6) is 0.634. The summed E-state index contributed by atoms with van der Waals surface area (Å²) in [7, 11) is 0. The summed E-state index contributed by atoms with van der Waals surface area (Å²) in [6, 6.07) is 16.3. The Kier molecular flexibility index (Phi) is 7.86. The van der Waals surface area contributed by atoms with Crippen LogP contribution in [0.3, 0.4) is 0 Å². The summed E-state index contributed by atoms with van der Waals surface area (Å²) in [6.07, 6.45) is -2.62. The maximum Gasteiger partial charge on any atom is 0.573 e. The van der Waals surface area contributed by atoms with Gasteiger partial charge in [-0.1, -0.05) is 12.1 Å². The molecular weight excluding hydrogens is 527 g/mol. The smallest absolute Gasteiger partial charge is 0.490 e. The molecule has 0 bridgehead atoms. The molecule has 0 aromatic heterocycles. The van der Waals surface area contributed by atoms with Crippen LogP contribution in [0.2, 0.25) is 0 Å². The fraction of sp³-hybridized carbons (Fsp3) is 0.333. The van der Waals surface area contributed by atoms with Crippen LogP contribution >= 0.6 is 0 Å². The van der Waals surface area contributed by atoms with Gasteiger partial charge in [-0.3, -0.25) is 9.59 Å². The van der Waals surface area contributed by atoms with Gasteiger partial charge in [-0.15, -0.1) is 13.2 Å². The molecule has 1 aliphatic heterocycles. The third-order valence-corrected chi connectivity index (χ3v) is 6.95. The molecule has 1 atom stereocenters. The van der Waals surface area contributed by atoms with E-state index in [1.165, 1.54) is 34.7 Å². The first-order valence-electron chi connectivity index (χ1n) is 13.1. The predicted molar refractivity (Wildman–Crippen MR) is 140 cm³/mol. The molecule has 0 N–H and O–H groups in total. The predicted octanol–water partition coefficient (Wildman–Crippen LogP) is 6.19. The van der Waals surface area contributed by atoms with E-state index in [4.69, 9.17) is 14.2 Å². The van der Waals surface area contributed by atoms with E-state index in [0.29, 0.717) is 35.6 Å². The number of alkyl halides is 3. The number of carbonyl (C=O) groups excluding carboxylic acids is 2. The molecule has 3 aromatic rings. The Bertz CT molecular complexity index is 1390. The van der Waals surface area contributed by atoms with E-state index in [0.717, 1.165) is 24.2 Å². The Morgan fingerprint density at radius 1 is 1.00 bits per heavy atom. The molecule has 1 aliphatic carbocycles. The molecule has 1 heterocycles. The lowest BCUT2D eigenvalue weighted by Crippen LogP contribution is -2.23. The van der Waals surface area contributed by atoms with Crippen molar-refractivity contribution in [3.05, 3.63) is 82.9 Å². The molecule has 0 radical (unpaired) electrons. The molecule has 7 nitrogen and oxygen atoms in total. The molecule has 40 heavy (non-hydrogen) atoms. The maximum atomic E-state index is 13.0. The third kappa shape index (κ3) is 6.16. The molecule has 3 aromatic carbocycles. The summed E-state index contributed by atoms with van der Waals surface area (Å²) in [6.45, 7) is 2.94. The first-order chi connectivity index (χ1) is 19.2. The fourth-order valence-electron chi connectivity index (χ4n) is 5.19. The minimum Gasteiger partial charge on any atom is -0.490 e. The zero-order chi connectivity index (χ0) is 28.3. The quantitative estimate of drug-likeness (QED) is 0.220. The standard InChI is InChI=1S/C30H28F3NO6/c1-2-37-28(35)17-20-7-6-19-16-23(12-13-24(19)20)38-14-15-39-27-5-3-4-25-26(27)18-34(29(25)36)21-8-10-22(11-9-21)40-30(31,32)33/h3-5,8-13,16,20H,2,6-7,14-15,17-18H2,1H3. The highest BCUT2D eigenvalue weighted by Crippen LogP contribution is 2.38. The summed E-state index contributed by atoms with van der Waals surface area (Å²) in [5.41, 5.74) is 3.96. The van der Waals surface area contributed by atoms with Crippen molar-refractivity contribution in [2.75, 3.05) is 24.7 Å². The molecular formula is C30H28F3NO6. The summed E-state index contributed by atoms with van der Waals surface area (Å²) >= 11 is 0. The molecule has 1 amide bonds. The van der Waals surface area contributed by atoms with E-state index in [9.17, 15) is 22.8 Å². The lowest BCUT2D eigenvalue weighted by Gasteiger charge is -2.17. The number of esters is 1. The SMILES string of the molecule is CCOC(=O)CC1CCc2cc(OCCOc3cccc4c3CN(c3ccc(OC(F)(F)F)cc3)C4=O)ccc21. The van der Waals surface area contributed by atoms with Crippen molar-refractivity contribution in [3.8, 4) is 17.2 Å². The number of benzene rings is 3. The van der Waals surface area contributed by atoms with Gasteiger partial charge in [0.05, 0.1) is 19.6 Å². The lowest BCUT2D eigenvalue weighted by molar-refractivity contribution is -0.274. The van der Waals surface area contributed by atoms with E-state index in [1.54, 1.807) is 25.1 Å². The third-order valence-electron chi connectivity index (χ3n) is 6.95. The van der Waals surface area contributed by atoms with Gasteiger partial charge in [-0.2, -0.15) is 0 Å². The van der Waals surface area contributed by atoms with E-state index in [2.05, 4.69) is 4.74 Å². The van der Waals surface area contributed by atoms with Crippen molar-refractivity contribution in [2.45, 2.75) is 45.0 Å². The summed E-state index contributed by atoms with van der Waals surface area (Å²) < 4.78 is 58.2. The minimum atomic E-state index is -4.79. The molecule has 2 aliphatic rings. The van der Waals surface area contributed by atoms with Crippen molar-refractivity contribution in [2.24, 2.45) is 0 Å².